The van der Waals surface area contributed by atoms with Gasteiger partial charge < -0.3 is 15.1 Å². The highest BCUT2D eigenvalue weighted by Crippen LogP contribution is 2.30. The highest BCUT2D eigenvalue weighted by molar-refractivity contribution is 7.90. The second-order valence-corrected chi connectivity index (χ2v) is 10.4. The predicted molar refractivity (Wildman–Crippen MR) is 116 cm³/mol. The maximum absolute atomic E-state index is 14.7. The lowest BCUT2D eigenvalue weighted by molar-refractivity contribution is -0.145. The van der Waals surface area contributed by atoms with Gasteiger partial charge in [-0.05, 0) is 31.0 Å². The topological polar surface area (TPSA) is 95.5 Å². The molecule has 1 aromatic heterocycles. The van der Waals surface area contributed by atoms with E-state index in [9.17, 15) is 30.8 Å². The Morgan fingerprint density at radius 2 is 1.85 bits per heavy atom. The number of hydrogen-bond donors (Lipinski definition) is 1. The molecular formula is C21H23F4N5O3S. The molecule has 0 radical (unpaired) electrons. The van der Waals surface area contributed by atoms with Crippen molar-refractivity contribution in [2.45, 2.75) is 42.4 Å². The van der Waals surface area contributed by atoms with Crippen LogP contribution in [0.4, 0.5) is 28.9 Å². The van der Waals surface area contributed by atoms with Crippen LogP contribution in [-0.4, -0.2) is 67.2 Å². The number of likely N-dealkylation sites (tertiary alicyclic amines) is 1. The van der Waals surface area contributed by atoms with E-state index in [1.54, 1.807) is 9.80 Å². The van der Waals surface area contributed by atoms with Crippen molar-refractivity contribution >= 4 is 27.1 Å². The summed E-state index contributed by atoms with van der Waals surface area (Å²) in [6.07, 6.45) is 0.155. The van der Waals surface area contributed by atoms with Crippen molar-refractivity contribution in [3.05, 3.63) is 42.2 Å². The van der Waals surface area contributed by atoms with Gasteiger partial charge in [-0.15, -0.1) is 0 Å². The molecule has 13 heteroatoms. The van der Waals surface area contributed by atoms with E-state index in [0.29, 0.717) is 31.6 Å². The third-order valence-electron chi connectivity index (χ3n) is 6.05. The number of nitrogens with one attached hydrogen (secondary N) is 1. The molecule has 0 bridgehead atoms. The van der Waals surface area contributed by atoms with Gasteiger partial charge in [0.05, 0.1) is 40.7 Å². The van der Waals surface area contributed by atoms with Crippen LogP contribution in [0, 0.1) is 5.82 Å². The number of benzene rings is 1. The molecule has 3 heterocycles. The number of halogens is 4. The number of sulfone groups is 1. The van der Waals surface area contributed by atoms with E-state index >= 15 is 0 Å². The molecule has 184 valence electrons. The molecule has 2 aliphatic heterocycles. The van der Waals surface area contributed by atoms with E-state index in [1.807, 2.05) is 0 Å². The van der Waals surface area contributed by atoms with Gasteiger partial charge in [0.2, 0.25) is 11.7 Å². The normalized spacial score (nSPS) is 21.7. The van der Waals surface area contributed by atoms with Crippen molar-refractivity contribution in [3.63, 3.8) is 0 Å². The van der Waals surface area contributed by atoms with Crippen LogP contribution in [0.15, 0.2) is 35.5 Å². The van der Waals surface area contributed by atoms with Crippen LogP contribution in [0.3, 0.4) is 0 Å². The van der Waals surface area contributed by atoms with Crippen LogP contribution in [0.25, 0.3) is 0 Å². The van der Waals surface area contributed by atoms with E-state index in [2.05, 4.69) is 15.3 Å². The first kappa shape index (κ1) is 24.2. The number of alkyl halides is 3. The molecule has 2 fully saturated rings. The number of carbonyl (C=O) groups is 1. The molecule has 0 saturated carbocycles. The lowest BCUT2D eigenvalue weighted by Crippen LogP contribution is -2.57. The lowest BCUT2D eigenvalue weighted by atomic mass is 9.96. The fourth-order valence-electron chi connectivity index (χ4n) is 4.38. The summed E-state index contributed by atoms with van der Waals surface area (Å²) in [6.45, 7) is 1.26. The van der Waals surface area contributed by atoms with Crippen LogP contribution >= 0.6 is 0 Å². The summed E-state index contributed by atoms with van der Waals surface area (Å²) < 4.78 is 76.6. The molecule has 2 atom stereocenters. The van der Waals surface area contributed by atoms with E-state index in [1.165, 1.54) is 12.1 Å². The first-order valence-electron chi connectivity index (χ1n) is 10.6. The van der Waals surface area contributed by atoms with Crippen LogP contribution < -0.4 is 10.2 Å². The zero-order chi connectivity index (χ0) is 24.7. The van der Waals surface area contributed by atoms with Gasteiger partial charge in [-0.25, -0.2) is 22.8 Å². The molecule has 0 aliphatic carbocycles. The number of hydrogen-bond acceptors (Lipinski definition) is 7. The van der Waals surface area contributed by atoms with Crippen LogP contribution in [0.2, 0.25) is 0 Å². The molecule has 1 aromatic carbocycles. The second kappa shape index (κ2) is 9.01. The zero-order valence-electron chi connectivity index (χ0n) is 18.2. The molecule has 4 rings (SSSR count). The smallest absolute Gasteiger partial charge is 0.376 e. The highest BCUT2D eigenvalue weighted by Gasteiger charge is 2.39. The number of nitrogens with zero attached hydrogens (tertiary/aromatic N) is 4. The SMILES string of the molecule is CS(=O)(=O)c1ccc(N[C@@H]2CN(c3cnc(C(F)(F)F)nc3)CCC2N2CCCC2=O)c(F)c1. The van der Waals surface area contributed by atoms with E-state index in [-0.39, 0.29) is 29.1 Å². The predicted octanol–water partition coefficient (Wildman–Crippen LogP) is 2.72. The summed E-state index contributed by atoms with van der Waals surface area (Å²) in [5.41, 5.74) is 0.443. The first-order chi connectivity index (χ1) is 15.9. The summed E-state index contributed by atoms with van der Waals surface area (Å²) >= 11 is 0. The van der Waals surface area contributed by atoms with E-state index in [4.69, 9.17) is 0 Å². The van der Waals surface area contributed by atoms with Gasteiger partial charge >= 0.3 is 6.18 Å². The maximum atomic E-state index is 14.7. The summed E-state index contributed by atoms with van der Waals surface area (Å²) in [4.78, 5) is 22.6. The van der Waals surface area contributed by atoms with Crippen molar-refractivity contribution in [1.29, 1.82) is 0 Å². The molecule has 1 unspecified atom stereocenters. The molecule has 8 nitrogen and oxygen atoms in total. The average molecular weight is 502 g/mol. The average Bonchev–Trinajstić information content (AvgIpc) is 3.19. The summed E-state index contributed by atoms with van der Waals surface area (Å²) in [6, 6.07) is 2.81. The van der Waals surface area contributed by atoms with Crippen molar-refractivity contribution in [2.24, 2.45) is 0 Å². The molecule has 34 heavy (non-hydrogen) atoms. The molecular weight excluding hydrogens is 478 g/mol. The number of carbonyl (C=O) groups excluding carboxylic acids is 1. The Morgan fingerprint density at radius 1 is 1.15 bits per heavy atom. The van der Waals surface area contributed by atoms with Crippen molar-refractivity contribution in [3.8, 4) is 0 Å². The molecule has 2 aliphatic rings. The van der Waals surface area contributed by atoms with Crippen molar-refractivity contribution in [1.82, 2.24) is 14.9 Å². The molecule has 2 saturated heterocycles. The molecule has 0 spiro atoms. The van der Waals surface area contributed by atoms with Gasteiger partial charge in [0.1, 0.15) is 5.82 Å². The van der Waals surface area contributed by atoms with Crippen LogP contribution in [0.5, 0.6) is 0 Å². The second-order valence-electron chi connectivity index (χ2n) is 8.42. The minimum Gasteiger partial charge on any atom is -0.376 e. The van der Waals surface area contributed by atoms with Gasteiger partial charge in [-0.1, -0.05) is 0 Å². The Labute approximate surface area is 193 Å². The van der Waals surface area contributed by atoms with Crippen molar-refractivity contribution < 1.29 is 30.8 Å². The summed E-state index contributed by atoms with van der Waals surface area (Å²) in [5, 5.41) is 3.08. The number of rotatable bonds is 5. The Morgan fingerprint density at radius 3 is 2.41 bits per heavy atom. The minimum absolute atomic E-state index is 0.00369. The van der Waals surface area contributed by atoms with Crippen LogP contribution in [-0.2, 0) is 20.8 Å². The fourth-order valence-corrected chi connectivity index (χ4v) is 5.02. The lowest BCUT2D eigenvalue weighted by Gasteiger charge is -2.44. The maximum Gasteiger partial charge on any atom is 0.451 e. The summed E-state index contributed by atoms with van der Waals surface area (Å²) in [7, 11) is -3.59. The zero-order valence-corrected chi connectivity index (χ0v) is 19.0. The fraction of sp³-hybridized carbons (Fsp3) is 0.476. The number of anilines is 2. The quantitative estimate of drug-likeness (QED) is 0.630. The highest BCUT2D eigenvalue weighted by atomic mass is 32.2. The number of aromatic nitrogens is 2. The Balaban J connectivity index is 1.59. The van der Waals surface area contributed by atoms with Crippen molar-refractivity contribution in [2.75, 3.05) is 36.1 Å². The van der Waals surface area contributed by atoms with E-state index in [0.717, 1.165) is 31.1 Å². The molecule has 1 amide bonds. The molecule has 1 N–H and O–H groups in total. The Hall–Kier alpha value is -2.96. The standard InChI is InChI=1S/C21H23F4N5O3S/c1-34(32,33)14-4-5-16(15(22)9-14)28-17-12-29(8-6-18(17)30-7-2-3-19(30)31)13-10-26-20(27-11-13)21(23,24)25/h4-5,9-11,17-18,28H,2-3,6-8,12H2,1H3/t17-,18?/m1/s1. The Kier molecular flexibility index (Phi) is 6.40. The third-order valence-corrected chi connectivity index (χ3v) is 7.16. The van der Waals surface area contributed by atoms with E-state index < -0.39 is 33.7 Å². The monoisotopic (exact) mass is 501 g/mol. The van der Waals surface area contributed by atoms with Gasteiger partial charge in [-0.3, -0.25) is 4.79 Å². The van der Waals surface area contributed by atoms with Gasteiger partial charge in [0.25, 0.3) is 0 Å². The number of amides is 1. The number of piperidine rings is 1. The Bertz CT molecular complexity index is 1170. The summed E-state index contributed by atoms with van der Waals surface area (Å²) in [5.74, 6) is -2.00. The minimum atomic E-state index is -4.65. The molecule has 2 aromatic rings. The van der Waals surface area contributed by atoms with Crippen LogP contribution in [0.1, 0.15) is 25.1 Å². The van der Waals surface area contributed by atoms with Gasteiger partial charge in [-0.2, -0.15) is 13.2 Å². The van der Waals surface area contributed by atoms with Gasteiger partial charge in [0, 0.05) is 32.3 Å². The first-order valence-corrected chi connectivity index (χ1v) is 12.5. The third kappa shape index (κ3) is 5.08. The largest absolute Gasteiger partial charge is 0.451 e. The van der Waals surface area contributed by atoms with Gasteiger partial charge in [0.15, 0.2) is 9.84 Å².